The van der Waals surface area contributed by atoms with E-state index in [1.165, 1.54) is 6.07 Å². The van der Waals surface area contributed by atoms with E-state index in [-0.39, 0.29) is 11.8 Å². The number of ketones is 1. The zero-order chi connectivity index (χ0) is 20.7. The highest BCUT2D eigenvalue weighted by atomic mass is 16.5. The SMILES string of the molecule is COc1ccc(C2Nc3ccc4oc(=O)ccc4c3C(=O)C2c2ccccc2)cc1. The number of anilines is 1. The van der Waals surface area contributed by atoms with Crippen LogP contribution in [0.5, 0.6) is 5.75 Å². The summed E-state index contributed by atoms with van der Waals surface area (Å²) in [5.74, 6) is 0.332. The molecule has 0 amide bonds. The first-order chi connectivity index (χ1) is 14.7. The van der Waals surface area contributed by atoms with Gasteiger partial charge in [-0.1, -0.05) is 42.5 Å². The molecule has 0 bridgehead atoms. The molecule has 2 unspecified atom stereocenters. The van der Waals surface area contributed by atoms with E-state index < -0.39 is 11.5 Å². The normalized spacial score (nSPS) is 18.0. The van der Waals surface area contributed by atoms with Gasteiger partial charge in [0.25, 0.3) is 0 Å². The molecule has 5 heteroatoms. The van der Waals surface area contributed by atoms with Crippen molar-refractivity contribution in [3.63, 3.8) is 0 Å². The van der Waals surface area contributed by atoms with Gasteiger partial charge in [0.1, 0.15) is 11.3 Å². The van der Waals surface area contributed by atoms with Crippen molar-refractivity contribution < 1.29 is 13.9 Å². The van der Waals surface area contributed by atoms with Gasteiger partial charge >= 0.3 is 5.63 Å². The molecule has 0 spiro atoms. The van der Waals surface area contributed by atoms with E-state index in [2.05, 4.69) is 5.32 Å². The van der Waals surface area contributed by atoms with Crippen molar-refractivity contribution in [1.29, 1.82) is 0 Å². The molecule has 30 heavy (non-hydrogen) atoms. The van der Waals surface area contributed by atoms with E-state index in [9.17, 15) is 9.59 Å². The molecule has 1 aliphatic rings. The van der Waals surface area contributed by atoms with E-state index in [1.807, 2.05) is 54.6 Å². The Balaban J connectivity index is 1.71. The van der Waals surface area contributed by atoms with Crippen molar-refractivity contribution >= 4 is 22.4 Å². The number of carbonyl (C=O) groups is 1. The van der Waals surface area contributed by atoms with Crippen molar-refractivity contribution in [1.82, 2.24) is 0 Å². The molecule has 2 atom stereocenters. The van der Waals surface area contributed by atoms with Crippen molar-refractivity contribution in [2.24, 2.45) is 0 Å². The molecule has 0 saturated heterocycles. The maximum absolute atomic E-state index is 13.8. The molecule has 148 valence electrons. The van der Waals surface area contributed by atoms with Crippen molar-refractivity contribution in [2.75, 3.05) is 12.4 Å². The molecule has 1 aromatic heterocycles. The van der Waals surface area contributed by atoms with E-state index in [4.69, 9.17) is 9.15 Å². The predicted octanol–water partition coefficient (Wildman–Crippen LogP) is 4.93. The van der Waals surface area contributed by atoms with Gasteiger partial charge < -0.3 is 14.5 Å². The molecular weight excluding hydrogens is 378 g/mol. The smallest absolute Gasteiger partial charge is 0.336 e. The van der Waals surface area contributed by atoms with Crippen molar-refractivity contribution in [3.05, 3.63) is 106 Å². The second-order valence-corrected chi connectivity index (χ2v) is 7.30. The lowest BCUT2D eigenvalue weighted by Gasteiger charge is -2.34. The van der Waals surface area contributed by atoms with Crippen molar-refractivity contribution in [3.8, 4) is 5.75 Å². The van der Waals surface area contributed by atoms with Crippen LogP contribution < -0.4 is 15.7 Å². The van der Waals surface area contributed by atoms with Gasteiger partial charge in [0.2, 0.25) is 0 Å². The second-order valence-electron chi connectivity index (χ2n) is 7.30. The fraction of sp³-hybridized carbons (Fsp3) is 0.120. The summed E-state index contributed by atoms with van der Waals surface area (Å²) in [6.45, 7) is 0. The van der Waals surface area contributed by atoms with Crippen LogP contribution in [-0.2, 0) is 0 Å². The highest BCUT2D eigenvalue weighted by Gasteiger charge is 2.38. The number of methoxy groups -OCH3 is 1. The molecule has 1 aliphatic heterocycles. The monoisotopic (exact) mass is 397 g/mol. The third-order valence-corrected chi connectivity index (χ3v) is 5.61. The zero-order valence-electron chi connectivity index (χ0n) is 16.3. The lowest BCUT2D eigenvalue weighted by atomic mass is 9.77. The Kier molecular flexibility index (Phi) is 4.36. The molecule has 3 aromatic carbocycles. The van der Waals surface area contributed by atoms with E-state index in [0.29, 0.717) is 16.5 Å². The highest BCUT2D eigenvalue weighted by Crippen LogP contribution is 2.44. The number of hydrogen-bond donors (Lipinski definition) is 1. The number of rotatable bonds is 3. The lowest BCUT2D eigenvalue weighted by molar-refractivity contribution is 0.0946. The Morgan fingerprint density at radius 2 is 1.60 bits per heavy atom. The Morgan fingerprint density at radius 3 is 2.33 bits per heavy atom. The zero-order valence-corrected chi connectivity index (χ0v) is 16.3. The number of Topliss-reactive ketones (excluding diaryl/α,β-unsaturated/α-hetero) is 1. The average molecular weight is 397 g/mol. The summed E-state index contributed by atoms with van der Waals surface area (Å²) in [5.41, 5.74) is 3.17. The van der Waals surface area contributed by atoms with Crippen LogP contribution in [0.1, 0.15) is 33.4 Å². The third-order valence-electron chi connectivity index (χ3n) is 5.61. The van der Waals surface area contributed by atoms with Gasteiger partial charge in [-0.3, -0.25) is 4.79 Å². The summed E-state index contributed by atoms with van der Waals surface area (Å²) in [6, 6.07) is 23.8. The summed E-state index contributed by atoms with van der Waals surface area (Å²) >= 11 is 0. The summed E-state index contributed by atoms with van der Waals surface area (Å²) in [6.07, 6.45) is 0. The van der Waals surface area contributed by atoms with Crippen molar-refractivity contribution in [2.45, 2.75) is 12.0 Å². The first-order valence-corrected chi connectivity index (χ1v) is 9.72. The number of fused-ring (bicyclic) bond motifs is 3. The number of ether oxygens (including phenoxy) is 1. The maximum Gasteiger partial charge on any atom is 0.336 e. The van der Waals surface area contributed by atoms with Crippen LogP contribution in [0, 0.1) is 0 Å². The van der Waals surface area contributed by atoms with Gasteiger partial charge in [0.15, 0.2) is 5.78 Å². The van der Waals surface area contributed by atoms with Crippen LogP contribution in [0.3, 0.4) is 0 Å². The third kappa shape index (κ3) is 2.95. The average Bonchev–Trinajstić information content (AvgIpc) is 2.79. The largest absolute Gasteiger partial charge is 0.497 e. The lowest BCUT2D eigenvalue weighted by Crippen LogP contribution is -2.32. The van der Waals surface area contributed by atoms with Gasteiger partial charge in [-0.15, -0.1) is 0 Å². The highest BCUT2D eigenvalue weighted by molar-refractivity contribution is 6.16. The molecule has 0 saturated carbocycles. The summed E-state index contributed by atoms with van der Waals surface area (Å²) < 4.78 is 10.6. The predicted molar refractivity (Wildman–Crippen MR) is 115 cm³/mol. The minimum absolute atomic E-state index is 0.00443. The molecule has 5 rings (SSSR count). The fourth-order valence-corrected chi connectivity index (χ4v) is 4.18. The van der Waals surface area contributed by atoms with Gasteiger partial charge in [-0.25, -0.2) is 4.79 Å². The van der Waals surface area contributed by atoms with Gasteiger partial charge in [0, 0.05) is 17.1 Å². The Morgan fingerprint density at radius 1 is 0.833 bits per heavy atom. The molecule has 0 aliphatic carbocycles. The molecule has 4 aromatic rings. The molecule has 0 radical (unpaired) electrons. The molecule has 1 N–H and O–H groups in total. The van der Waals surface area contributed by atoms with Crippen LogP contribution in [0.15, 0.2) is 88.1 Å². The first kappa shape index (κ1) is 18.2. The summed E-state index contributed by atoms with van der Waals surface area (Å²) in [7, 11) is 1.63. The minimum Gasteiger partial charge on any atom is -0.497 e. The minimum atomic E-state index is -0.436. The second kappa shape index (κ2) is 7.19. The van der Waals surface area contributed by atoms with Crippen LogP contribution in [-0.4, -0.2) is 12.9 Å². The number of carbonyl (C=O) groups excluding carboxylic acids is 1. The Bertz CT molecular complexity index is 1290. The van der Waals surface area contributed by atoms with E-state index in [1.54, 1.807) is 25.3 Å². The van der Waals surface area contributed by atoms with Crippen LogP contribution in [0.2, 0.25) is 0 Å². The number of hydrogen-bond acceptors (Lipinski definition) is 5. The first-order valence-electron chi connectivity index (χ1n) is 9.72. The standard InChI is InChI=1S/C25H19NO4/c1-29-17-9-7-16(8-10-17)24-22(15-5-3-2-4-6-15)25(28)23-18-11-14-21(27)30-20(18)13-12-19(23)26-24/h2-14,22,24,26H,1H3. The Labute approximate surface area is 172 Å². The van der Waals surface area contributed by atoms with Crippen LogP contribution in [0.25, 0.3) is 11.0 Å². The molecular formula is C25H19NO4. The molecule has 2 heterocycles. The molecule has 5 nitrogen and oxygen atoms in total. The number of nitrogens with one attached hydrogen (secondary N) is 1. The molecule has 0 fully saturated rings. The van der Waals surface area contributed by atoms with E-state index in [0.717, 1.165) is 22.6 Å². The van der Waals surface area contributed by atoms with Gasteiger partial charge in [-0.05, 0) is 41.5 Å². The maximum atomic E-state index is 13.8. The van der Waals surface area contributed by atoms with Gasteiger partial charge in [-0.2, -0.15) is 0 Å². The summed E-state index contributed by atoms with van der Waals surface area (Å²) in [5, 5.41) is 4.19. The quantitative estimate of drug-likeness (QED) is 0.496. The van der Waals surface area contributed by atoms with Crippen LogP contribution >= 0.6 is 0 Å². The fourth-order valence-electron chi connectivity index (χ4n) is 4.18. The Hall–Kier alpha value is -3.86. The van der Waals surface area contributed by atoms with E-state index >= 15 is 0 Å². The van der Waals surface area contributed by atoms with Crippen LogP contribution in [0.4, 0.5) is 5.69 Å². The summed E-state index contributed by atoms with van der Waals surface area (Å²) in [4.78, 5) is 25.5. The number of benzene rings is 3. The topological polar surface area (TPSA) is 68.5 Å². The van der Waals surface area contributed by atoms with Gasteiger partial charge in [0.05, 0.1) is 24.6 Å².